The van der Waals surface area contributed by atoms with Crippen molar-refractivity contribution in [2.45, 2.75) is 44.1 Å². The number of hydrogen-bond donors (Lipinski definition) is 1. The quantitative estimate of drug-likeness (QED) is 0.775. The number of nitrogens with one attached hydrogen (secondary N) is 1. The van der Waals surface area contributed by atoms with Gasteiger partial charge in [0, 0.05) is 5.54 Å². The van der Waals surface area contributed by atoms with Crippen LogP contribution in [0.5, 0.6) is 0 Å². The number of rotatable bonds is 2. The maximum atomic E-state index is 11.7. The van der Waals surface area contributed by atoms with Crippen LogP contribution in [0.25, 0.3) is 0 Å². The van der Waals surface area contributed by atoms with E-state index >= 15 is 0 Å². The predicted octanol–water partition coefficient (Wildman–Crippen LogP) is 2.47. The average Bonchev–Trinajstić information content (AvgIpc) is 2.55. The van der Waals surface area contributed by atoms with Crippen molar-refractivity contribution in [1.82, 2.24) is 5.32 Å². The van der Waals surface area contributed by atoms with E-state index in [0.717, 1.165) is 17.8 Å². The standard InChI is InChI=1S/C13H18BrNO/c14-7-11(16)15-13-5-9-1-8-2-10(6-13)12(13,3-8)4-9/h8-10H,1-7H2,(H,15,16). The van der Waals surface area contributed by atoms with E-state index in [9.17, 15) is 4.79 Å². The zero-order valence-corrected chi connectivity index (χ0v) is 11.1. The fraction of sp³-hybridized carbons (Fsp3) is 0.923. The molecule has 4 rings (SSSR count). The maximum absolute atomic E-state index is 11.7. The molecule has 4 aliphatic carbocycles. The van der Waals surface area contributed by atoms with Gasteiger partial charge in [0.1, 0.15) is 0 Å². The van der Waals surface area contributed by atoms with E-state index in [-0.39, 0.29) is 11.4 Å². The van der Waals surface area contributed by atoms with Crippen LogP contribution in [-0.4, -0.2) is 16.8 Å². The van der Waals surface area contributed by atoms with Gasteiger partial charge in [0.25, 0.3) is 0 Å². The number of alkyl halides is 1. The Kier molecular flexibility index (Phi) is 1.77. The molecule has 3 bridgehead atoms. The Morgan fingerprint density at radius 1 is 1.19 bits per heavy atom. The first-order valence-corrected chi connectivity index (χ1v) is 7.67. The summed E-state index contributed by atoms with van der Waals surface area (Å²) in [7, 11) is 0. The van der Waals surface area contributed by atoms with E-state index in [1.807, 2.05) is 0 Å². The van der Waals surface area contributed by atoms with E-state index in [1.165, 1.54) is 38.5 Å². The number of carbonyl (C=O) groups excluding carboxylic acids is 1. The lowest BCUT2D eigenvalue weighted by atomic mass is 9.51. The molecular weight excluding hydrogens is 266 g/mol. The van der Waals surface area contributed by atoms with Gasteiger partial charge in [-0.2, -0.15) is 0 Å². The van der Waals surface area contributed by atoms with Gasteiger partial charge < -0.3 is 5.32 Å². The van der Waals surface area contributed by atoms with Crippen molar-refractivity contribution >= 4 is 21.8 Å². The highest BCUT2D eigenvalue weighted by molar-refractivity contribution is 9.09. The molecule has 88 valence electrons. The fourth-order valence-electron chi connectivity index (χ4n) is 5.91. The second-order valence-electron chi connectivity index (χ2n) is 6.64. The molecule has 4 saturated carbocycles. The Hall–Kier alpha value is -0.0500. The second-order valence-corrected chi connectivity index (χ2v) is 7.20. The van der Waals surface area contributed by atoms with Crippen LogP contribution >= 0.6 is 15.9 Å². The molecule has 1 amide bonds. The lowest BCUT2D eigenvalue weighted by Crippen LogP contribution is -2.67. The molecule has 1 spiro atoms. The van der Waals surface area contributed by atoms with Crippen molar-refractivity contribution in [3.05, 3.63) is 0 Å². The lowest BCUT2D eigenvalue weighted by Gasteiger charge is -2.59. The molecule has 0 aromatic heterocycles. The van der Waals surface area contributed by atoms with E-state index in [1.54, 1.807) is 0 Å². The monoisotopic (exact) mass is 283 g/mol. The van der Waals surface area contributed by atoms with Crippen LogP contribution in [0.3, 0.4) is 0 Å². The van der Waals surface area contributed by atoms with Crippen LogP contribution < -0.4 is 5.32 Å². The van der Waals surface area contributed by atoms with Gasteiger partial charge in [0.05, 0.1) is 5.33 Å². The summed E-state index contributed by atoms with van der Waals surface area (Å²) in [5.74, 6) is 3.06. The first-order chi connectivity index (χ1) is 7.67. The van der Waals surface area contributed by atoms with Crippen LogP contribution in [0, 0.1) is 23.2 Å². The summed E-state index contributed by atoms with van der Waals surface area (Å²) in [5.41, 5.74) is 0.761. The van der Waals surface area contributed by atoms with Crippen molar-refractivity contribution in [3.8, 4) is 0 Å². The van der Waals surface area contributed by atoms with Gasteiger partial charge in [-0.1, -0.05) is 15.9 Å². The minimum atomic E-state index is 0.198. The maximum Gasteiger partial charge on any atom is 0.231 e. The molecule has 3 heteroatoms. The number of carbonyl (C=O) groups is 1. The highest BCUT2D eigenvalue weighted by Crippen LogP contribution is 2.77. The smallest absolute Gasteiger partial charge is 0.231 e. The van der Waals surface area contributed by atoms with Gasteiger partial charge in [-0.15, -0.1) is 0 Å². The summed E-state index contributed by atoms with van der Waals surface area (Å²) >= 11 is 3.27. The van der Waals surface area contributed by atoms with Gasteiger partial charge in [-0.05, 0) is 61.7 Å². The fourth-order valence-corrected chi connectivity index (χ4v) is 6.05. The van der Waals surface area contributed by atoms with Crippen molar-refractivity contribution in [2.24, 2.45) is 23.2 Å². The Balaban J connectivity index is 1.69. The largest absolute Gasteiger partial charge is 0.349 e. The topological polar surface area (TPSA) is 29.1 Å². The zero-order valence-electron chi connectivity index (χ0n) is 9.47. The predicted molar refractivity (Wildman–Crippen MR) is 65.3 cm³/mol. The van der Waals surface area contributed by atoms with E-state index in [4.69, 9.17) is 0 Å². The molecule has 0 aliphatic heterocycles. The molecule has 5 atom stereocenters. The van der Waals surface area contributed by atoms with Gasteiger partial charge in [-0.3, -0.25) is 4.79 Å². The van der Waals surface area contributed by atoms with Crippen molar-refractivity contribution in [3.63, 3.8) is 0 Å². The highest BCUT2D eigenvalue weighted by atomic mass is 79.9. The molecule has 0 saturated heterocycles. The molecule has 0 heterocycles. The van der Waals surface area contributed by atoms with Crippen LogP contribution in [0.4, 0.5) is 0 Å². The second kappa shape index (κ2) is 2.85. The van der Waals surface area contributed by atoms with Crippen molar-refractivity contribution < 1.29 is 4.79 Å². The number of hydrogen-bond acceptors (Lipinski definition) is 1. The van der Waals surface area contributed by atoms with E-state index in [2.05, 4.69) is 21.2 Å². The molecular formula is C13H18BrNO. The zero-order chi connectivity index (χ0) is 11.0. The first kappa shape index (κ1) is 9.93. The molecule has 2 nitrogen and oxygen atoms in total. The minimum absolute atomic E-state index is 0.198. The SMILES string of the molecule is O=C(CBr)NC12CC3CC4CC(C1)C2(C4)C3. The molecule has 4 fully saturated rings. The summed E-state index contributed by atoms with van der Waals surface area (Å²) in [6, 6.07) is 0. The Morgan fingerprint density at radius 2 is 2.00 bits per heavy atom. The average molecular weight is 284 g/mol. The normalized spacial score (nSPS) is 55.9. The van der Waals surface area contributed by atoms with Crippen molar-refractivity contribution in [2.75, 3.05) is 5.33 Å². The Labute approximate surface area is 105 Å². The van der Waals surface area contributed by atoms with Crippen molar-refractivity contribution in [1.29, 1.82) is 0 Å². The highest BCUT2D eigenvalue weighted by Gasteiger charge is 2.74. The van der Waals surface area contributed by atoms with Crippen LogP contribution in [-0.2, 0) is 4.79 Å². The minimum Gasteiger partial charge on any atom is -0.349 e. The van der Waals surface area contributed by atoms with Gasteiger partial charge >= 0.3 is 0 Å². The molecule has 0 radical (unpaired) electrons. The first-order valence-electron chi connectivity index (χ1n) is 6.54. The third-order valence-electron chi connectivity index (χ3n) is 6.06. The van der Waals surface area contributed by atoms with Crippen LogP contribution in [0.2, 0.25) is 0 Å². The summed E-state index contributed by atoms with van der Waals surface area (Å²) in [6.45, 7) is 0. The molecule has 16 heavy (non-hydrogen) atoms. The third-order valence-corrected chi connectivity index (χ3v) is 6.57. The third kappa shape index (κ3) is 0.938. The van der Waals surface area contributed by atoms with Gasteiger partial charge in [0.15, 0.2) is 0 Å². The summed E-state index contributed by atoms with van der Waals surface area (Å²) in [5, 5.41) is 3.84. The van der Waals surface area contributed by atoms with Gasteiger partial charge in [-0.25, -0.2) is 0 Å². The summed E-state index contributed by atoms with van der Waals surface area (Å²) in [4.78, 5) is 11.7. The molecule has 5 unspecified atom stereocenters. The molecule has 0 aromatic rings. The molecule has 1 N–H and O–H groups in total. The molecule has 0 aromatic carbocycles. The number of fused-ring (bicyclic) bond motifs is 2. The number of halogens is 1. The summed E-state index contributed by atoms with van der Waals surface area (Å²) in [6.07, 6.45) is 8.29. The summed E-state index contributed by atoms with van der Waals surface area (Å²) < 4.78 is 0. The van der Waals surface area contributed by atoms with E-state index in [0.29, 0.717) is 10.7 Å². The van der Waals surface area contributed by atoms with Crippen LogP contribution in [0.15, 0.2) is 0 Å². The Morgan fingerprint density at radius 3 is 2.81 bits per heavy atom. The van der Waals surface area contributed by atoms with Gasteiger partial charge in [0.2, 0.25) is 5.91 Å². The Bertz CT molecular complexity index is 365. The van der Waals surface area contributed by atoms with Crippen LogP contribution in [0.1, 0.15) is 38.5 Å². The van der Waals surface area contributed by atoms with E-state index < -0.39 is 0 Å². The number of amides is 1. The molecule has 4 aliphatic rings. The lowest BCUT2D eigenvalue weighted by molar-refractivity contribution is -0.129.